The van der Waals surface area contributed by atoms with Crippen LogP contribution in [0.2, 0.25) is 6.82 Å². The molecule has 0 rings (SSSR count). The largest absolute Gasteiger partial charge is 0.141 e. The predicted molar refractivity (Wildman–Crippen MR) is 58.5 cm³/mol. The van der Waals surface area contributed by atoms with Gasteiger partial charge in [0, 0.05) is 0 Å². The molecule has 12 heavy (non-hydrogen) atoms. The summed E-state index contributed by atoms with van der Waals surface area (Å²) in [5, 5.41) is 0. The van der Waals surface area contributed by atoms with Gasteiger partial charge in [-0.15, -0.1) is 12.1 Å². The fraction of sp³-hybridized carbons (Fsp3) is 0.818. The maximum Gasteiger partial charge on any atom is 0.141 e. The second-order valence-corrected chi connectivity index (χ2v) is 4.30. The van der Waals surface area contributed by atoms with E-state index in [1.807, 2.05) is 0 Å². The SMILES string of the molecule is C=C([B]C)CC(C(C)C)C(C)C. The minimum Gasteiger partial charge on any atom is -0.116 e. The Kier molecular flexibility index (Phi) is 5.36. The van der Waals surface area contributed by atoms with Gasteiger partial charge in [-0.25, -0.2) is 0 Å². The van der Waals surface area contributed by atoms with Crippen molar-refractivity contribution in [1.82, 2.24) is 0 Å². The summed E-state index contributed by atoms with van der Waals surface area (Å²) in [5.74, 6) is 2.32. The first kappa shape index (κ1) is 11.8. The molecule has 1 radical (unpaired) electrons. The van der Waals surface area contributed by atoms with Crippen LogP contribution in [0.3, 0.4) is 0 Å². The summed E-state index contributed by atoms with van der Waals surface area (Å²) in [6.45, 7) is 15.3. The van der Waals surface area contributed by atoms with Crippen molar-refractivity contribution in [1.29, 1.82) is 0 Å². The Balaban J connectivity index is 4.05. The third-order valence-corrected chi connectivity index (χ3v) is 2.62. The van der Waals surface area contributed by atoms with Gasteiger partial charge in [-0.05, 0) is 24.2 Å². The van der Waals surface area contributed by atoms with Crippen molar-refractivity contribution < 1.29 is 0 Å². The second kappa shape index (κ2) is 5.45. The Hall–Kier alpha value is -0.195. The fourth-order valence-corrected chi connectivity index (χ4v) is 1.66. The van der Waals surface area contributed by atoms with Crippen molar-refractivity contribution in [3.05, 3.63) is 12.1 Å². The molecular weight excluding hydrogens is 143 g/mol. The summed E-state index contributed by atoms with van der Waals surface area (Å²) in [6, 6.07) is 0. The Labute approximate surface area is 78.7 Å². The zero-order chi connectivity index (χ0) is 9.72. The molecule has 0 aromatic heterocycles. The molecule has 0 aliphatic carbocycles. The number of rotatable bonds is 5. The Bertz CT molecular complexity index is 128. The first-order chi connectivity index (χ1) is 5.49. The number of hydrogen-bond acceptors (Lipinski definition) is 0. The molecular formula is C11H22B. The average molecular weight is 165 g/mol. The van der Waals surface area contributed by atoms with Gasteiger partial charge in [-0.1, -0.05) is 34.5 Å². The van der Waals surface area contributed by atoms with Crippen LogP contribution in [0.4, 0.5) is 0 Å². The molecule has 0 aliphatic rings. The van der Waals surface area contributed by atoms with E-state index in [2.05, 4.69) is 48.4 Å². The van der Waals surface area contributed by atoms with E-state index in [4.69, 9.17) is 0 Å². The van der Waals surface area contributed by atoms with Crippen LogP contribution in [0.5, 0.6) is 0 Å². The maximum absolute atomic E-state index is 4.02. The normalized spacial score (nSPS) is 11.3. The van der Waals surface area contributed by atoms with E-state index in [0.29, 0.717) is 0 Å². The Morgan fingerprint density at radius 3 is 1.83 bits per heavy atom. The Morgan fingerprint density at radius 2 is 1.58 bits per heavy atom. The van der Waals surface area contributed by atoms with Crippen molar-refractivity contribution in [3.8, 4) is 0 Å². The van der Waals surface area contributed by atoms with Crippen LogP contribution < -0.4 is 0 Å². The second-order valence-electron chi connectivity index (χ2n) is 4.30. The highest BCUT2D eigenvalue weighted by molar-refractivity contribution is 6.43. The molecule has 69 valence electrons. The van der Waals surface area contributed by atoms with Crippen LogP contribution in [0, 0.1) is 17.8 Å². The number of allylic oxidation sites excluding steroid dienone is 1. The zero-order valence-electron chi connectivity index (χ0n) is 9.22. The topological polar surface area (TPSA) is 0 Å². The molecule has 0 aromatic rings. The van der Waals surface area contributed by atoms with E-state index in [1.54, 1.807) is 0 Å². The van der Waals surface area contributed by atoms with Gasteiger partial charge in [0.05, 0.1) is 0 Å². The van der Waals surface area contributed by atoms with Crippen molar-refractivity contribution >= 4 is 7.28 Å². The molecule has 0 aliphatic heterocycles. The van der Waals surface area contributed by atoms with E-state index in [0.717, 1.165) is 24.2 Å². The smallest absolute Gasteiger partial charge is 0.116 e. The van der Waals surface area contributed by atoms with Gasteiger partial charge >= 0.3 is 0 Å². The van der Waals surface area contributed by atoms with Gasteiger partial charge in [-0.2, -0.15) is 0 Å². The van der Waals surface area contributed by atoms with Crippen LogP contribution in [0.1, 0.15) is 34.1 Å². The molecule has 0 nitrogen and oxygen atoms in total. The van der Waals surface area contributed by atoms with Gasteiger partial charge in [0.15, 0.2) is 0 Å². The summed E-state index contributed by atoms with van der Waals surface area (Å²) in [5.41, 5.74) is 1.28. The third-order valence-electron chi connectivity index (χ3n) is 2.62. The van der Waals surface area contributed by atoms with E-state index >= 15 is 0 Å². The molecule has 0 saturated carbocycles. The maximum atomic E-state index is 4.02. The van der Waals surface area contributed by atoms with Crippen molar-refractivity contribution in [2.24, 2.45) is 17.8 Å². The molecule has 0 unspecified atom stereocenters. The van der Waals surface area contributed by atoms with Gasteiger partial charge in [0.2, 0.25) is 0 Å². The van der Waals surface area contributed by atoms with Crippen LogP contribution in [0.15, 0.2) is 12.1 Å². The molecule has 0 saturated heterocycles. The molecule has 0 amide bonds. The van der Waals surface area contributed by atoms with Gasteiger partial charge in [0.1, 0.15) is 7.28 Å². The summed E-state index contributed by atoms with van der Waals surface area (Å²) < 4.78 is 0. The van der Waals surface area contributed by atoms with Gasteiger partial charge in [0.25, 0.3) is 0 Å². The molecule has 0 spiro atoms. The number of hydrogen-bond donors (Lipinski definition) is 0. The minimum atomic E-state index is 0.765. The highest BCUT2D eigenvalue weighted by Gasteiger charge is 2.17. The lowest BCUT2D eigenvalue weighted by Crippen LogP contribution is -2.17. The molecule has 1 heteroatoms. The first-order valence-electron chi connectivity index (χ1n) is 4.96. The van der Waals surface area contributed by atoms with E-state index in [1.165, 1.54) is 5.47 Å². The highest BCUT2D eigenvalue weighted by atomic mass is 14.2. The summed E-state index contributed by atoms with van der Waals surface area (Å²) in [7, 11) is 2.12. The van der Waals surface area contributed by atoms with Crippen molar-refractivity contribution in [3.63, 3.8) is 0 Å². The Morgan fingerprint density at radius 1 is 1.17 bits per heavy atom. The van der Waals surface area contributed by atoms with Gasteiger partial charge < -0.3 is 0 Å². The average Bonchev–Trinajstić information content (AvgIpc) is 1.98. The van der Waals surface area contributed by atoms with E-state index < -0.39 is 0 Å². The monoisotopic (exact) mass is 165 g/mol. The fourth-order valence-electron chi connectivity index (χ4n) is 1.66. The summed E-state index contributed by atoms with van der Waals surface area (Å²) in [4.78, 5) is 0. The lowest BCUT2D eigenvalue weighted by Gasteiger charge is -2.25. The molecule has 0 aromatic carbocycles. The van der Waals surface area contributed by atoms with Crippen LogP contribution in [-0.4, -0.2) is 7.28 Å². The molecule has 0 atom stereocenters. The molecule has 0 fully saturated rings. The highest BCUT2D eigenvalue weighted by Crippen LogP contribution is 2.26. The molecule has 0 heterocycles. The third kappa shape index (κ3) is 3.99. The van der Waals surface area contributed by atoms with E-state index in [9.17, 15) is 0 Å². The van der Waals surface area contributed by atoms with Gasteiger partial charge in [-0.3, -0.25) is 0 Å². The van der Waals surface area contributed by atoms with Crippen LogP contribution >= 0.6 is 0 Å². The molecule has 0 bridgehead atoms. The summed E-state index contributed by atoms with van der Waals surface area (Å²) >= 11 is 0. The summed E-state index contributed by atoms with van der Waals surface area (Å²) in [6.07, 6.45) is 1.16. The van der Waals surface area contributed by atoms with Crippen molar-refractivity contribution in [2.45, 2.75) is 40.9 Å². The lowest BCUT2D eigenvalue weighted by atomic mass is 9.67. The lowest BCUT2D eigenvalue weighted by molar-refractivity contribution is 0.289. The zero-order valence-corrected chi connectivity index (χ0v) is 9.22. The first-order valence-corrected chi connectivity index (χ1v) is 4.96. The van der Waals surface area contributed by atoms with Crippen LogP contribution in [-0.2, 0) is 0 Å². The standard InChI is InChI=1S/C11H22B/c1-8(2)11(9(3)4)7-10(5)12-6/h8-9,11H,5,7H2,1-4,6H3. The minimum absolute atomic E-state index is 0.765. The quantitative estimate of drug-likeness (QED) is 0.546. The predicted octanol–water partition coefficient (Wildman–Crippen LogP) is 3.57. The van der Waals surface area contributed by atoms with E-state index in [-0.39, 0.29) is 0 Å². The van der Waals surface area contributed by atoms with Crippen LogP contribution in [0.25, 0.3) is 0 Å². The van der Waals surface area contributed by atoms with Crippen molar-refractivity contribution in [2.75, 3.05) is 0 Å². The molecule has 0 N–H and O–H groups in total.